The van der Waals surface area contributed by atoms with Crippen molar-refractivity contribution in [1.29, 1.82) is 0 Å². The number of rotatable bonds is 3. The molecule has 0 saturated carbocycles. The van der Waals surface area contributed by atoms with Crippen LogP contribution in [0.2, 0.25) is 0 Å². The minimum atomic E-state index is 0.192. The van der Waals surface area contributed by atoms with Gasteiger partial charge in [-0.3, -0.25) is 0 Å². The molecule has 0 aliphatic heterocycles. The Morgan fingerprint density at radius 3 is 2.62 bits per heavy atom. The maximum atomic E-state index is 6.25. The summed E-state index contributed by atoms with van der Waals surface area (Å²) >= 11 is 0. The maximum absolute atomic E-state index is 6.25. The molecule has 3 heteroatoms. The van der Waals surface area contributed by atoms with E-state index >= 15 is 0 Å². The highest BCUT2D eigenvalue weighted by atomic mass is 16.5. The quantitative estimate of drug-likeness (QED) is 0.928. The molecule has 0 spiro atoms. The van der Waals surface area contributed by atoms with Crippen LogP contribution in [0.25, 0.3) is 5.69 Å². The first-order valence-corrected chi connectivity index (χ1v) is 7.80. The highest BCUT2D eigenvalue weighted by Gasteiger charge is 2.22. The van der Waals surface area contributed by atoms with Gasteiger partial charge in [0.2, 0.25) is 0 Å². The van der Waals surface area contributed by atoms with Crippen molar-refractivity contribution in [1.82, 2.24) is 4.57 Å². The van der Waals surface area contributed by atoms with Crippen molar-refractivity contribution in [3.63, 3.8) is 0 Å². The van der Waals surface area contributed by atoms with Crippen LogP contribution >= 0.6 is 0 Å². The summed E-state index contributed by atoms with van der Waals surface area (Å²) in [5.41, 5.74) is 11.4. The lowest BCUT2D eigenvalue weighted by Crippen LogP contribution is -2.17. The van der Waals surface area contributed by atoms with E-state index in [1.54, 1.807) is 0 Å². The lowest BCUT2D eigenvalue weighted by molar-refractivity contribution is 0.242. The average Bonchev–Trinajstić information content (AvgIpc) is 2.77. The number of nitrogens with zero attached hydrogens (tertiary/aromatic N) is 1. The molecule has 0 bridgehead atoms. The first kappa shape index (κ1) is 14.2. The molecule has 21 heavy (non-hydrogen) atoms. The van der Waals surface area contributed by atoms with Gasteiger partial charge in [-0.15, -0.1) is 0 Å². The highest BCUT2D eigenvalue weighted by Crippen LogP contribution is 2.33. The third kappa shape index (κ3) is 2.70. The molecule has 1 unspecified atom stereocenters. The van der Waals surface area contributed by atoms with Gasteiger partial charge < -0.3 is 15.0 Å². The van der Waals surface area contributed by atoms with Gasteiger partial charge in [0, 0.05) is 23.1 Å². The molecule has 2 aromatic rings. The molecule has 1 aromatic carbocycles. The molecule has 0 saturated heterocycles. The second-order valence-corrected chi connectivity index (χ2v) is 6.18. The van der Waals surface area contributed by atoms with Crippen LogP contribution < -0.4 is 10.5 Å². The molecule has 1 aliphatic rings. The van der Waals surface area contributed by atoms with Gasteiger partial charge in [0.1, 0.15) is 5.75 Å². The molecule has 1 heterocycles. The third-order valence-electron chi connectivity index (χ3n) is 4.12. The number of ether oxygens (including phenoxy) is 1. The van der Waals surface area contributed by atoms with Crippen LogP contribution in [-0.2, 0) is 6.42 Å². The number of hydrogen-bond donors (Lipinski definition) is 1. The van der Waals surface area contributed by atoms with Gasteiger partial charge in [-0.05, 0) is 75.9 Å². The predicted octanol–water partition coefficient (Wildman–Crippen LogP) is 3.91. The van der Waals surface area contributed by atoms with Crippen molar-refractivity contribution in [2.45, 2.75) is 52.2 Å². The Morgan fingerprint density at radius 1 is 1.24 bits per heavy atom. The fourth-order valence-corrected chi connectivity index (χ4v) is 3.24. The monoisotopic (exact) mass is 284 g/mol. The average molecular weight is 284 g/mol. The number of hydrogen-bond acceptors (Lipinski definition) is 2. The fraction of sp³-hybridized carbons (Fsp3) is 0.444. The summed E-state index contributed by atoms with van der Waals surface area (Å²) in [6, 6.07) is 10.8. The zero-order valence-electron chi connectivity index (χ0n) is 13.1. The minimum Gasteiger partial charge on any atom is -0.491 e. The second-order valence-electron chi connectivity index (χ2n) is 6.18. The highest BCUT2D eigenvalue weighted by molar-refractivity contribution is 5.45. The summed E-state index contributed by atoms with van der Waals surface area (Å²) in [5, 5.41) is 0. The number of fused-ring (bicyclic) bond motifs is 1. The maximum Gasteiger partial charge on any atom is 0.119 e. The van der Waals surface area contributed by atoms with Crippen molar-refractivity contribution in [2.24, 2.45) is 5.73 Å². The summed E-state index contributed by atoms with van der Waals surface area (Å²) in [6.07, 6.45) is 3.58. The Balaban J connectivity index is 1.97. The van der Waals surface area contributed by atoms with Crippen LogP contribution in [0.5, 0.6) is 5.75 Å². The van der Waals surface area contributed by atoms with E-state index in [1.807, 2.05) is 26.0 Å². The molecular weight excluding hydrogens is 260 g/mol. The Bertz CT molecular complexity index is 625. The Morgan fingerprint density at radius 2 is 1.95 bits per heavy atom. The third-order valence-corrected chi connectivity index (χ3v) is 4.12. The van der Waals surface area contributed by atoms with Crippen molar-refractivity contribution in [2.75, 3.05) is 0 Å². The smallest absolute Gasteiger partial charge is 0.119 e. The predicted molar refractivity (Wildman–Crippen MR) is 86.1 cm³/mol. The summed E-state index contributed by atoms with van der Waals surface area (Å²) in [7, 11) is 0. The minimum absolute atomic E-state index is 0.192. The van der Waals surface area contributed by atoms with Gasteiger partial charge in [-0.1, -0.05) is 0 Å². The van der Waals surface area contributed by atoms with Crippen LogP contribution in [0.3, 0.4) is 0 Å². The molecule has 0 radical (unpaired) electrons. The molecule has 112 valence electrons. The van der Waals surface area contributed by atoms with Crippen LogP contribution in [-0.4, -0.2) is 10.7 Å². The lowest BCUT2D eigenvalue weighted by atomic mass is 9.93. The van der Waals surface area contributed by atoms with Crippen LogP contribution in [0.15, 0.2) is 30.3 Å². The van der Waals surface area contributed by atoms with Gasteiger partial charge in [0.15, 0.2) is 0 Å². The number of aromatic nitrogens is 1. The summed E-state index contributed by atoms with van der Waals surface area (Å²) < 4.78 is 8.06. The molecule has 1 aliphatic carbocycles. The lowest BCUT2D eigenvalue weighted by Gasteiger charge is -2.21. The summed E-state index contributed by atoms with van der Waals surface area (Å²) in [6.45, 7) is 6.24. The molecule has 0 fully saturated rings. The SMILES string of the molecule is Cc1cc2c(n1-c1ccc(OC(C)C)cc1)CCCC2N. The Kier molecular flexibility index (Phi) is 3.77. The zero-order valence-corrected chi connectivity index (χ0v) is 13.1. The molecular formula is C18H24N2O. The van der Waals surface area contributed by atoms with Crippen LogP contribution in [0.1, 0.15) is 49.7 Å². The van der Waals surface area contributed by atoms with Crippen molar-refractivity contribution >= 4 is 0 Å². The van der Waals surface area contributed by atoms with Crippen molar-refractivity contribution in [3.05, 3.63) is 47.3 Å². The molecule has 3 rings (SSSR count). The fourth-order valence-electron chi connectivity index (χ4n) is 3.24. The van der Waals surface area contributed by atoms with Crippen molar-refractivity contribution in [3.8, 4) is 11.4 Å². The van der Waals surface area contributed by atoms with Gasteiger partial charge in [0.05, 0.1) is 6.10 Å². The topological polar surface area (TPSA) is 40.2 Å². The normalized spacial score (nSPS) is 17.9. The van der Waals surface area contributed by atoms with E-state index in [0.29, 0.717) is 0 Å². The largest absolute Gasteiger partial charge is 0.491 e. The summed E-state index contributed by atoms with van der Waals surface area (Å²) in [5.74, 6) is 0.920. The van der Waals surface area contributed by atoms with Crippen LogP contribution in [0, 0.1) is 6.92 Å². The Hall–Kier alpha value is -1.74. The summed E-state index contributed by atoms with van der Waals surface area (Å²) in [4.78, 5) is 0. The molecule has 3 nitrogen and oxygen atoms in total. The van der Waals surface area contributed by atoms with Gasteiger partial charge in [0.25, 0.3) is 0 Å². The van der Waals surface area contributed by atoms with E-state index in [4.69, 9.17) is 10.5 Å². The zero-order chi connectivity index (χ0) is 15.0. The second kappa shape index (κ2) is 5.57. The van der Waals surface area contributed by atoms with Gasteiger partial charge in [-0.2, -0.15) is 0 Å². The molecule has 1 aromatic heterocycles. The van der Waals surface area contributed by atoms with E-state index < -0.39 is 0 Å². The Labute approximate surface area is 126 Å². The first-order chi connectivity index (χ1) is 10.1. The number of aryl methyl sites for hydroxylation is 1. The number of nitrogens with two attached hydrogens (primary N) is 1. The number of benzene rings is 1. The van der Waals surface area contributed by atoms with E-state index in [9.17, 15) is 0 Å². The first-order valence-electron chi connectivity index (χ1n) is 7.80. The van der Waals surface area contributed by atoms with E-state index in [0.717, 1.165) is 18.6 Å². The van der Waals surface area contributed by atoms with E-state index in [-0.39, 0.29) is 12.1 Å². The van der Waals surface area contributed by atoms with Crippen LogP contribution in [0.4, 0.5) is 0 Å². The van der Waals surface area contributed by atoms with Crippen molar-refractivity contribution < 1.29 is 4.74 Å². The molecule has 0 amide bonds. The molecule has 2 N–H and O–H groups in total. The van der Waals surface area contributed by atoms with Gasteiger partial charge >= 0.3 is 0 Å². The molecule has 1 atom stereocenters. The van der Waals surface area contributed by atoms with Gasteiger partial charge in [-0.25, -0.2) is 0 Å². The van der Waals surface area contributed by atoms with E-state index in [2.05, 4.69) is 29.7 Å². The van der Waals surface area contributed by atoms with E-state index in [1.165, 1.54) is 29.1 Å². The standard InChI is InChI=1S/C18H24N2O/c1-12(2)21-15-9-7-14(8-10-15)20-13(3)11-16-17(19)5-4-6-18(16)20/h7-12,17H,4-6,19H2,1-3H3.